The lowest BCUT2D eigenvalue weighted by Crippen LogP contribution is -2.51. The zero-order valence-electron chi connectivity index (χ0n) is 19.3. The predicted octanol–water partition coefficient (Wildman–Crippen LogP) is 3.36. The van der Waals surface area contributed by atoms with E-state index in [1.165, 1.54) is 21.2 Å². The van der Waals surface area contributed by atoms with Gasteiger partial charge in [-0.1, -0.05) is 72.8 Å². The van der Waals surface area contributed by atoms with Crippen molar-refractivity contribution in [3.8, 4) is 0 Å². The highest BCUT2D eigenvalue weighted by atomic mass is 31.2. The molecule has 34 heavy (non-hydrogen) atoms. The van der Waals surface area contributed by atoms with Gasteiger partial charge in [-0.2, -0.15) is 20.3 Å². The molecule has 0 aromatic heterocycles. The first-order valence-electron chi connectivity index (χ1n) is 11.8. The van der Waals surface area contributed by atoms with E-state index >= 15 is 0 Å². The molecule has 0 spiro atoms. The monoisotopic (exact) mass is 486 g/mol. The van der Waals surface area contributed by atoms with Gasteiger partial charge in [0.15, 0.2) is 0 Å². The molecule has 4 aromatic rings. The van der Waals surface area contributed by atoms with Crippen molar-refractivity contribution < 1.29 is 0 Å². The smallest absolute Gasteiger partial charge is 0.166 e. The summed E-state index contributed by atoms with van der Waals surface area (Å²) in [6.45, 7) is 3.42. The highest BCUT2D eigenvalue weighted by Crippen LogP contribution is 2.50. The van der Waals surface area contributed by atoms with Crippen molar-refractivity contribution in [2.75, 3.05) is 26.2 Å². The minimum Gasteiger partial charge on any atom is -0.166 e. The van der Waals surface area contributed by atoms with Crippen molar-refractivity contribution in [3.05, 3.63) is 121 Å². The van der Waals surface area contributed by atoms with Crippen molar-refractivity contribution in [3.63, 3.8) is 0 Å². The first kappa shape index (κ1) is 23.3. The minimum absolute atomic E-state index is 0.855. The lowest BCUT2D eigenvalue weighted by molar-refractivity contribution is 0.778. The van der Waals surface area contributed by atoms with Gasteiger partial charge in [-0.05, 0) is 48.5 Å². The van der Waals surface area contributed by atoms with Crippen molar-refractivity contribution in [2.24, 2.45) is 0 Å². The van der Waals surface area contributed by atoms with E-state index in [2.05, 4.69) is 142 Å². The van der Waals surface area contributed by atoms with Crippen LogP contribution in [0, 0.1) is 0 Å². The zero-order chi connectivity index (χ0) is 23.1. The average molecular weight is 487 g/mol. The Morgan fingerprint density at radius 1 is 0.324 bits per heavy atom. The minimum atomic E-state index is -1.97. The number of hydrogen-bond acceptors (Lipinski definition) is 4. The summed E-state index contributed by atoms with van der Waals surface area (Å²) in [6, 6.07) is 43.5. The van der Waals surface area contributed by atoms with Crippen LogP contribution in [0.15, 0.2) is 121 Å². The molecule has 1 fully saturated rings. The Kier molecular flexibility index (Phi) is 7.47. The summed E-state index contributed by atoms with van der Waals surface area (Å²) in [4.78, 5) is 0. The quantitative estimate of drug-likeness (QED) is 0.334. The van der Waals surface area contributed by atoms with Crippen molar-refractivity contribution in [1.29, 1.82) is 0 Å². The summed E-state index contributed by atoms with van der Waals surface area (Å²) in [5, 5.41) is 21.3. The lowest BCUT2D eigenvalue weighted by Gasteiger charge is -2.32. The fourth-order valence-corrected chi connectivity index (χ4v) is 11.2. The molecule has 0 saturated carbocycles. The maximum Gasteiger partial charge on any atom is 0.213 e. The van der Waals surface area contributed by atoms with E-state index in [1.54, 1.807) is 0 Å². The fraction of sp³-hybridized carbons (Fsp3) is 0.143. The normalized spacial score (nSPS) is 18.1. The van der Waals surface area contributed by atoms with Gasteiger partial charge in [-0.3, -0.25) is 0 Å². The Morgan fingerprint density at radius 2 is 0.529 bits per heavy atom. The first-order valence-corrected chi connectivity index (χ1v) is 15.4. The second-order valence-corrected chi connectivity index (χ2v) is 14.3. The van der Waals surface area contributed by atoms with Gasteiger partial charge in [0.1, 0.15) is 21.2 Å². The van der Waals surface area contributed by atoms with Crippen molar-refractivity contribution in [2.45, 2.75) is 0 Å². The molecule has 0 unspecified atom stereocenters. The molecule has 1 heterocycles. The third kappa shape index (κ3) is 4.72. The van der Waals surface area contributed by atoms with Crippen LogP contribution in [0.3, 0.4) is 0 Å². The number of hydrogen-bond donors (Lipinski definition) is 4. The summed E-state index contributed by atoms with van der Waals surface area (Å²) in [7, 11) is -3.93. The molecule has 1 saturated heterocycles. The molecule has 4 nitrogen and oxygen atoms in total. The zero-order valence-corrected chi connectivity index (χ0v) is 21.1. The maximum atomic E-state index is 4.00. The molecule has 5 rings (SSSR count). The highest BCUT2D eigenvalue weighted by molar-refractivity contribution is 7.86. The van der Waals surface area contributed by atoms with Crippen LogP contribution in [0.4, 0.5) is 0 Å². The van der Waals surface area contributed by atoms with Crippen LogP contribution in [0.25, 0.3) is 0 Å². The Hall–Kier alpha value is -2.42. The number of rotatable bonds is 4. The fourth-order valence-electron chi connectivity index (χ4n) is 4.64. The summed E-state index contributed by atoms with van der Waals surface area (Å²) in [5.74, 6) is 0. The van der Waals surface area contributed by atoms with Crippen LogP contribution in [0.2, 0.25) is 0 Å². The first-order chi connectivity index (χ1) is 16.8. The van der Waals surface area contributed by atoms with Crippen LogP contribution in [-0.4, -0.2) is 26.2 Å². The van der Waals surface area contributed by atoms with Crippen LogP contribution in [-0.2, 0) is 0 Å². The van der Waals surface area contributed by atoms with Crippen LogP contribution < -0.4 is 41.6 Å². The molecule has 4 N–H and O–H groups in total. The summed E-state index contributed by atoms with van der Waals surface area (Å²) >= 11 is 0. The number of nitrogens with one attached hydrogen (secondary N) is 4. The predicted molar refractivity (Wildman–Crippen MR) is 150 cm³/mol. The molecule has 0 radical (unpaired) electrons. The molecule has 0 aliphatic carbocycles. The standard InChI is InChI=1S/C28H32N4P2/c1-5-13-25(14-6-1)33(26-15-7-2-8-16-26)29-21-23-31-34(32-24-22-30-33,27-17-9-3-10-18-27)28-19-11-4-12-20-28/h1-20,29-32H,21-24H2/q+2. The van der Waals surface area contributed by atoms with E-state index in [1.807, 2.05) is 0 Å². The Balaban J connectivity index is 1.49. The molecule has 0 atom stereocenters. The van der Waals surface area contributed by atoms with E-state index < -0.39 is 15.1 Å². The largest absolute Gasteiger partial charge is 0.213 e. The van der Waals surface area contributed by atoms with E-state index in [9.17, 15) is 0 Å². The Morgan fingerprint density at radius 3 is 0.735 bits per heavy atom. The van der Waals surface area contributed by atoms with Gasteiger partial charge in [-0.15, -0.1) is 0 Å². The van der Waals surface area contributed by atoms with Gasteiger partial charge in [0.05, 0.1) is 0 Å². The molecule has 0 amide bonds. The summed E-state index contributed by atoms with van der Waals surface area (Å²) in [5.41, 5.74) is 0. The molecule has 1 aliphatic rings. The second-order valence-electron chi connectivity index (χ2n) is 8.32. The van der Waals surface area contributed by atoms with Gasteiger partial charge >= 0.3 is 0 Å². The number of benzene rings is 4. The third-order valence-electron chi connectivity index (χ3n) is 6.22. The molecular formula is C28H32N4P2+2. The molecular weight excluding hydrogens is 454 g/mol. The van der Waals surface area contributed by atoms with Gasteiger partial charge in [-0.25, -0.2) is 0 Å². The maximum absolute atomic E-state index is 4.00. The van der Waals surface area contributed by atoms with E-state index in [4.69, 9.17) is 0 Å². The molecule has 172 valence electrons. The topological polar surface area (TPSA) is 48.1 Å². The highest BCUT2D eigenvalue weighted by Gasteiger charge is 2.47. The van der Waals surface area contributed by atoms with Gasteiger partial charge in [0.2, 0.25) is 15.1 Å². The molecule has 0 bridgehead atoms. The van der Waals surface area contributed by atoms with Crippen LogP contribution in [0.5, 0.6) is 0 Å². The Labute approximate surface area is 204 Å². The molecule has 1 aliphatic heterocycles. The summed E-state index contributed by atoms with van der Waals surface area (Å²) < 4.78 is 0. The van der Waals surface area contributed by atoms with Crippen molar-refractivity contribution >= 4 is 36.3 Å². The van der Waals surface area contributed by atoms with Crippen LogP contribution >= 0.6 is 15.1 Å². The SMILES string of the molecule is c1ccc([P+]2(c3ccccc3)NCCN[P+](c3ccccc3)(c3ccccc3)NCCN2)cc1. The lowest BCUT2D eigenvalue weighted by atomic mass is 10.4. The Bertz CT molecular complexity index is 968. The third-order valence-corrected chi connectivity index (χ3v) is 13.3. The van der Waals surface area contributed by atoms with E-state index in [0.717, 1.165) is 26.2 Å². The van der Waals surface area contributed by atoms with E-state index in [0.29, 0.717) is 0 Å². The molecule has 6 heteroatoms. The van der Waals surface area contributed by atoms with Gasteiger partial charge in [0.25, 0.3) is 0 Å². The van der Waals surface area contributed by atoms with Crippen molar-refractivity contribution in [1.82, 2.24) is 20.3 Å². The van der Waals surface area contributed by atoms with Gasteiger partial charge < -0.3 is 0 Å². The van der Waals surface area contributed by atoms with Gasteiger partial charge in [0, 0.05) is 26.2 Å². The summed E-state index contributed by atoms with van der Waals surface area (Å²) in [6.07, 6.45) is 0. The average Bonchev–Trinajstić information content (AvgIpc) is 2.93. The second kappa shape index (κ2) is 10.9. The van der Waals surface area contributed by atoms with Crippen LogP contribution in [0.1, 0.15) is 0 Å². The molecule has 4 aromatic carbocycles. The van der Waals surface area contributed by atoms with E-state index in [-0.39, 0.29) is 0 Å².